The topological polar surface area (TPSA) is 69.3 Å². The summed E-state index contributed by atoms with van der Waals surface area (Å²) in [6, 6.07) is 6.74. The predicted molar refractivity (Wildman–Crippen MR) is 123 cm³/mol. The number of halogens is 2. The number of fused-ring (bicyclic) bond motifs is 2. The highest BCUT2D eigenvalue weighted by Gasteiger charge is 2.35. The Morgan fingerprint density at radius 3 is 2.84 bits per heavy atom. The standard InChI is InChI=1S/C25H24F2N4O/c1-5-6-10-21(32)31-30-20-11-17-19(29-25(20,3)4)12-18(26)22(23(17)27)16-9-7-8-15-14(2)13-28-24(15)16/h7-9,12-13,28-29H,10-11H2,1-4H3,(H,31,32)/b30-20+. The second-order valence-electron chi connectivity index (χ2n) is 8.40. The third-order valence-electron chi connectivity index (χ3n) is 5.77. The van der Waals surface area contributed by atoms with Gasteiger partial charge >= 0.3 is 0 Å². The zero-order chi connectivity index (χ0) is 23.0. The third kappa shape index (κ3) is 3.73. The summed E-state index contributed by atoms with van der Waals surface area (Å²) in [5.74, 6) is 3.71. The summed E-state index contributed by atoms with van der Waals surface area (Å²) in [4.78, 5) is 15.0. The number of aromatic nitrogens is 1. The second kappa shape index (κ2) is 8.12. The lowest BCUT2D eigenvalue weighted by Gasteiger charge is -2.35. The molecular formula is C25H24F2N4O. The van der Waals surface area contributed by atoms with Gasteiger partial charge in [-0.1, -0.05) is 24.1 Å². The first-order chi connectivity index (χ1) is 15.2. The van der Waals surface area contributed by atoms with Crippen molar-refractivity contribution < 1.29 is 13.6 Å². The Balaban J connectivity index is 1.78. The molecule has 2 aromatic carbocycles. The number of anilines is 1. The van der Waals surface area contributed by atoms with E-state index in [1.165, 1.54) is 6.07 Å². The number of H-pyrrole nitrogens is 1. The lowest BCUT2D eigenvalue weighted by atomic mass is 9.85. The lowest BCUT2D eigenvalue weighted by molar-refractivity contribution is -0.120. The number of aromatic amines is 1. The number of rotatable bonds is 3. The molecule has 1 aliphatic heterocycles. The first-order valence-corrected chi connectivity index (χ1v) is 10.3. The fourth-order valence-electron chi connectivity index (χ4n) is 4.01. The maximum absolute atomic E-state index is 15.8. The van der Waals surface area contributed by atoms with Crippen LogP contribution in [0, 0.1) is 30.4 Å². The van der Waals surface area contributed by atoms with E-state index in [2.05, 4.69) is 32.7 Å². The number of carbonyl (C=O) groups excluding carboxylic acids is 1. The normalized spacial score (nSPS) is 15.6. The molecule has 0 spiro atoms. The van der Waals surface area contributed by atoms with Crippen LogP contribution in [0.4, 0.5) is 14.5 Å². The third-order valence-corrected chi connectivity index (χ3v) is 5.77. The number of amides is 1. The molecule has 1 amide bonds. The maximum Gasteiger partial charge on any atom is 0.252 e. The molecule has 0 saturated heterocycles. The van der Waals surface area contributed by atoms with Gasteiger partial charge in [-0.2, -0.15) is 5.10 Å². The van der Waals surface area contributed by atoms with E-state index in [9.17, 15) is 4.79 Å². The number of hydrogen-bond donors (Lipinski definition) is 3. The lowest BCUT2D eigenvalue weighted by Crippen LogP contribution is -2.46. The molecule has 0 radical (unpaired) electrons. The van der Waals surface area contributed by atoms with E-state index in [-0.39, 0.29) is 24.3 Å². The Kier molecular flexibility index (Phi) is 5.47. The summed E-state index contributed by atoms with van der Waals surface area (Å²) in [6.07, 6.45) is 1.98. The zero-order valence-electron chi connectivity index (χ0n) is 18.4. The van der Waals surface area contributed by atoms with Crippen LogP contribution in [0.1, 0.15) is 38.3 Å². The molecule has 0 saturated carbocycles. The van der Waals surface area contributed by atoms with Gasteiger partial charge < -0.3 is 10.3 Å². The second-order valence-corrected chi connectivity index (χ2v) is 8.40. The molecule has 0 unspecified atom stereocenters. The molecule has 2 heterocycles. The molecule has 0 fully saturated rings. The first kappa shape index (κ1) is 21.6. The van der Waals surface area contributed by atoms with Crippen LogP contribution in [-0.2, 0) is 11.2 Å². The van der Waals surface area contributed by atoms with Crippen LogP contribution in [0.5, 0.6) is 0 Å². The van der Waals surface area contributed by atoms with Crippen LogP contribution in [0.15, 0.2) is 35.6 Å². The average molecular weight is 434 g/mol. The van der Waals surface area contributed by atoms with Gasteiger partial charge in [0.05, 0.1) is 28.8 Å². The van der Waals surface area contributed by atoms with Crippen molar-refractivity contribution in [2.24, 2.45) is 5.10 Å². The van der Waals surface area contributed by atoms with Crippen LogP contribution >= 0.6 is 0 Å². The molecule has 4 rings (SSSR count). The summed E-state index contributed by atoms with van der Waals surface area (Å²) < 4.78 is 31.0. The van der Waals surface area contributed by atoms with Crippen molar-refractivity contribution in [1.29, 1.82) is 0 Å². The summed E-state index contributed by atoms with van der Waals surface area (Å²) in [5, 5.41) is 8.30. The number of hydrazone groups is 1. The van der Waals surface area contributed by atoms with Gasteiger partial charge in [0.1, 0.15) is 11.6 Å². The summed E-state index contributed by atoms with van der Waals surface area (Å²) in [6.45, 7) is 7.29. The van der Waals surface area contributed by atoms with E-state index in [1.807, 2.05) is 33.0 Å². The highest BCUT2D eigenvalue weighted by atomic mass is 19.1. The largest absolute Gasteiger partial charge is 0.374 e. The number of nitrogens with zero attached hydrogens (tertiary/aromatic N) is 1. The Morgan fingerprint density at radius 1 is 1.31 bits per heavy atom. The SMILES string of the molecule is CC#CCC(=O)N/N=C1\Cc2c(cc(F)c(-c3cccc4c(C)c[nH]c34)c2F)NC1(C)C. The molecule has 0 aliphatic carbocycles. The Bertz CT molecular complexity index is 1330. The smallest absolute Gasteiger partial charge is 0.252 e. The van der Waals surface area contributed by atoms with Crippen molar-refractivity contribution in [1.82, 2.24) is 10.4 Å². The number of benzene rings is 2. The number of nitrogens with one attached hydrogen (secondary N) is 3. The van der Waals surface area contributed by atoms with Crippen molar-refractivity contribution in [3.8, 4) is 23.0 Å². The molecule has 1 aromatic heterocycles. The van der Waals surface area contributed by atoms with Crippen molar-refractivity contribution >= 4 is 28.2 Å². The van der Waals surface area contributed by atoms with Gasteiger partial charge in [-0.3, -0.25) is 4.79 Å². The molecule has 1 aliphatic rings. The van der Waals surface area contributed by atoms with Crippen molar-refractivity contribution in [3.63, 3.8) is 0 Å². The number of hydrogen-bond acceptors (Lipinski definition) is 3. The molecule has 164 valence electrons. The number of carbonyl (C=O) groups is 1. The number of para-hydroxylation sites is 1. The molecule has 0 atom stereocenters. The molecule has 3 N–H and O–H groups in total. The summed E-state index contributed by atoms with van der Waals surface area (Å²) in [5.41, 5.74) is 5.07. The highest BCUT2D eigenvalue weighted by Crippen LogP contribution is 2.39. The minimum Gasteiger partial charge on any atom is -0.374 e. The van der Waals surface area contributed by atoms with E-state index in [1.54, 1.807) is 19.1 Å². The fourth-order valence-corrected chi connectivity index (χ4v) is 4.01. The number of aryl methyl sites for hydroxylation is 1. The van der Waals surface area contributed by atoms with Crippen molar-refractivity contribution in [2.45, 2.75) is 46.1 Å². The minimum absolute atomic E-state index is 0.0288. The van der Waals surface area contributed by atoms with Gasteiger partial charge in [0.25, 0.3) is 5.91 Å². The zero-order valence-corrected chi connectivity index (χ0v) is 18.4. The molecule has 7 heteroatoms. The quantitative estimate of drug-likeness (QED) is 0.399. The van der Waals surface area contributed by atoms with Gasteiger partial charge in [0.15, 0.2) is 0 Å². The monoisotopic (exact) mass is 434 g/mol. The first-order valence-electron chi connectivity index (χ1n) is 10.3. The molecule has 5 nitrogen and oxygen atoms in total. The average Bonchev–Trinajstić information content (AvgIpc) is 3.12. The van der Waals surface area contributed by atoms with Crippen LogP contribution in [0.3, 0.4) is 0 Å². The summed E-state index contributed by atoms with van der Waals surface area (Å²) >= 11 is 0. The highest BCUT2D eigenvalue weighted by molar-refractivity contribution is 6.02. The molecule has 32 heavy (non-hydrogen) atoms. The minimum atomic E-state index is -0.701. The van der Waals surface area contributed by atoms with Gasteiger partial charge in [-0.25, -0.2) is 14.2 Å². The fraction of sp³-hybridized carbons (Fsp3) is 0.280. The van der Waals surface area contributed by atoms with E-state index >= 15 is 8.78 Å². The van der Waals surface area contributed by atoms with Gasteiger partial charge in [-0.05, 0) is 39.3 Å². The van der Waals surface area contributed by atoms with Crippen LogP contribution in [0.2, 0.25) is 0 Å². The van der Waals surface area contributed by atoms with E-state index < -0.39 is 17.2 Å². The Labute approximate surface area is 185 Å². The summed E-state index contributed by atoms with van der Waals surface area (Å²) in [7, 11) is 0. The van der Waals surface area contributed by atoms with Gasteiger partial charge in [0.2, 0.25) is 0 Å². The maximum atomic E-state index is 15.8. The van der Waals surface area contributed by atoms with Gasteiger partial charge in [0, 0.05) is 34.8 Å². The van der Waals surface area contributed by atoms with E-state index in [0.717, 1.165) is 10.9 Å². The van der Waals surface area contributed by atoms with Crippen LogP contribution < -0.4 is 10.7 Å². The van der Waals surface area contributed by atoms with Gasteiger partial charge in [-0.15, -0.1) is 5.92 Å². The van der Waals surface area contributed by atoms with Crippen molar-refractivity contribution in [3.05, 3.63) is 53.2 Å². The Morgan fingerprint density at radius 2 is 2.09 bits per heavy atom. The van der Waals surface area contributed by atoms with E-state index in [4.69, 9.17) is 0 Å². The molecular weight excluding hydrogens is 410 g/mol. The van der Waals surface area contributed by atoms with Crippen molar-refractivity contribution in [2.75, 3.05) is 5.32 Å². The van der Waals surface area contributed by atoms with Crippen LogP contribution in [0.25, 0.3) is 22.0 Å². The predicted octanol–water partition coefficient (Wildman–Crippen LogP) is 5.05. The molecule has 3 aromatic rings. The Hall–Kier alpha value is -3.66. The van der Waals surface area contributed by atoms with E-state index in [0.29, 0.717) is 28.0 Å². The van der Waals surface area contributed by atoms with Crippen LogP contribution in [-0.4, -0.2) is 22.1 Å². The molecule has 0 bridgehead atoms.